The number of aliphatic hydroxyl groups is 1. The van der Waals surface area contributed by atoms with E-state index >= 15 is 0 Å². The number of carbonyl (C=O) groups excluding carboxylic acids is 1. The van der Waals surface area contributed by atoms with Gasteiger partial charge in [0.05, 0.1) is 10.6 Å². The fourth-order valence-electron chi connectivity index (χ4n) is 1.33. The van der Waals surface area contributed by atoms with Crippen molar-refractivity contribution in [2.24, 2.45) is 0 Å². The van der Waals surface area contributed by atoms with Gasteiger partial charge in [-0.25, -0.2) is 8.42 Å². The fraction of sp³-hybridized carbons (Fsp3) is 0.417. The highest BCUT2D eigenvalue weighted by Crippen LogP contribution is 2.16. The van der Waals surface area contributed by atoms with Crippen LogP contribution >= 0.6 is 0 Å². The summed E-state index contributed by atoms with van der Waals surface area (Å²) in [4.78, 5) is 11.9. The van der Waals surface area contributed by atoms with Crippen LogP contribution in [0, 0.1) is 0 Å². The summed E-state index contributed by atoms with van der Waals surface area (Å²) in [5.41, 5.74) is -1.15. The Morgan fingerprint density at radius 3 is 2.06 bits per heavy atom. The van der Waals surface area contributed by atoms with E-state index in [2.05, 4.69) is 0 Å². The van der Waals surface area contributed by atoms with Gasteiger partial charge in [0.15, 0.2) is 15.6 Å². The van der Waals surface area contributed by atoms with Crippen molar-refractivity contribution in [3.8, 4) is 0 Å². The molecule has 5 heteroatoms. The minimum absolute atomic E-state index is 0.0196. The molecule has 0 aliphatic rings. The standard InChI is InChI=1S/C12H16O4S/c1-4-17(15,16)10-7-5-9(6-8-10)11(13)12(2,3)14/h5-8,14H,4H2,1-3H3. The van der Waals surface area contributed by atoms with Crippen molar-refractivity contribution in [1.82, 2.24) is 0 Å². The highest BCUT2D eigenvalue weighted by atomic mass is 32.2. The number of benzene rings is 1. The maximum absolute atomic E-state index is 11.7. The van der Waals surface area contributed by atoms with Gasteiger partial charge >= 0.3 is 0 Å². The number of Topliss-reactive ketones (excluding diaryl/α,β-unsaturated/α-hetero) is 1. The molecule has 0 fully saturated rings. The summed E-state index contributed by atoms with van der Waals surface area (Å²) in [6.45, 7) is 4.35. The van der Waals surface area contributed by atoms with E-state index in [4.69, 9.17) is 0 Å². The van der Waals surface area contributed by atoms with Crippen LogP contribution in [0.4, 0.5) is 0 Å². The molecule has 1 N–H and O–H groups in total. The average Bonchev–Trinajstić information content (AvgIpc) is 2.27. The zero-order chi connectivity index (χ0) is 13.3. The Morgan fingerprint density at radius 2 is 1.71 bits per heavy atom. The van der Waals surface area contributed by atoms with Crippen molar-refractivity contribution >= 4 is 15.6 Å². The first-order valence-electron chi connectivity index (χ1n) is 5.28. The van der Waals surface area contributed by atoms with Crippen molar-refractivity contribution in [2.45, 2.75) is 31.3 Å². The minimum Gasteiger partial charge on any atom is -0.382 e. The van der Waals surface area contributed by atoms with Gasteiger partial charge in [0.25, 0.3) is 0 Å². The van der Waals surface area contributed by atoms with Crippen LogP contribution in [0.3, 0.4) is 0 Å². The number of carbonyl (C=O) groups is 1. The van der Waals surface area contributed by atoms with E-state index in [1.165, 1.54) is 38.1 Å². The van der Waals surface area contributed by atoms with Crippen LogP contribution in [0.2, 0.25) is 0 Å². The Bertz CT molecular complexity index is 506. The number of hydrogen-bond acceptors (Lipinski definition) is 4. The Kier molecular flexibility index (Phi) is 3.74. The number of hydrogen-bond donors (Lipinski definition) is 1. The third-order valence-electron chi connectivity index (χ3n) is 2.41. The lowest BCUT2D eigenvalue weighted by molar-refractivity contribution is 0.0488. The summed E-state index contributed by atoms with van der Waals surface area (Å²) >= 11 is 0. The number of sulfone groups is 1. The summed E-state index contributed by atoms with van der Waals surface area (Å²) in [5, 5.41) is 9.55. The minimum atomic E-state index is -3.25. The number of ketones is 1. The van der Waals surface area contributed by atoms with Crippen LogP contribution in [-0.4, -0.2) is 30.7 Å². The lowest BCUT2D eigenvalue weighted by atomic mass is 9.97. The van der Waals surface area contributed by atoms with Gasteiger partial charge in [-0.2, -0.15) is 0 Å². The van der Waals surface area contributed by atoms with Crippen LogP contribution in [0.15, 0.2) is 29.2 Å². The second-order valence-electron chi connectivity index (χ2n) is 4.32. The molecule has 1 rings (SSSR count). The molecule has 0 atom stereocenters. The van der Waals surface area contributed by atoms with E-state index in [0.29, 0.717) is 5.56 Å². The monoisotopic (exact) mass is 256 g/mol. The summed E-state index contributed by atoms with van der Waals surface area (Å²) in [6.07, 6.45) is 0. The third-order valence-corrected chi connectivity index (χ3v) is 4.16. The van der Waals surface area contributed by atoms with Crippen LogP contribution in [0.1, 0.15) is 31.1 Å². The lowest BCUT2D eigenvalue weighted by Crippen LogP contribution is -2.31. The molecule has 0 unspecified atom stereocenters. The SMILES string of the molecule is CCS(=O)(=O)c1ccc(C(=O)C(C)(C)O)cc1. The first-order valence-corrected chi connectivity index (χ1v) is 6.93. The molecule has 0 bridgehead atoms. The van der Waals surface area contributed by atoms with E-state index < -0.39 is 21.2 Å². The summed E-state index contributed by atoms with van der Waals surface area (Å²) in [7, 11) is -3.25. The van der Waals surface area contributed by atoms with E-state index in [1.807, 2.05) is 0 Å². The second kappa shape index (κ2) is 4.58. The Balaban J connectivity index is 3.10. The van der Waals surface area contributed by atoms with Crippen LogP contribution in [0.25, 0.3) is 0 Å². The maximum Gasteiger partial charge on any atom is 0.193 e. The van der Waals surface area contributed by atoms with Gasteiger partial charge in [-0.1, -0.05) is 19.1 Å². The smallest absolute Gasteiger partial charge is 0.193 e. The van der Waals surface area contributed by atoms with Crippen LogP contribution in [0.5, 0.6) is 0 Å². The van der Waals surface area contributed by atoms with E-state index in [9.17, 15) is 18.3 Å². The van der Waals surface area contributed by atoms with Gasteiger partial charge in [0.2, 0.25) is 0 Å². The molecule has 0 radical (unpaired) electrons. The van der Waals surface area contributed by atoms with E-state index in [-0.39, 0.29) is 10.6 Å². The summed E-state index contributed by atoms with van der Waals surface area (Å²) < 4.78 is 23.1. The third kappa shape index (κ3) is 3.14. The van der Waals surface area contributed by atoms with E-state index in [1.54, 1.807) is 6.92 Å². The van der Waals surface area contributed by atoms with Gasteiger partial charge in [-0.15, -0.1) is 0 Å². The molecule has 0 heterocycles. The second-order valence-corrected chi connectivity index (χ2v) is 6.59. The normalized spacial score (nSPS) is 12.5. The Labute approximate surface area is 101 Å². The predicted octanol–water partition coefficient (Wildman–Crippen LogP) is 1.43. The molecule has 94 valence electrons. The quantitative estimate of drug-likeness (QED) is 0.827. The fourth-order valence-corrected chi connectivity index (χ4v) is 2.22. The molecule has 1 aromatic rings. The van der Waals surface area contributed by atoms with Gasteiger partial charge in [-0.3, -0.25) is 4.79 Å². The highest BCUT2D eigenvalue weighted by molar-refractivity contribution is 7.91. The molecule has 0 aliphatic carbocycles. The van der Waals surface area contributed by atoms with Gasteiger partial charge in [0, 0.05) is 5.56 Å². The van der Waals surface area contributed by atoms with Crippen molar-refractivity contribution in [3.63, 3.8) is 0 Å². The zero-order valence-electron chi connectivity index (χ0n) is 10.1. The van der Waals surface area contributed by atoms with Gasteiger partial charge in [-0.05, 0) is 26.0 Å². The number of rotatable bonds is 4. The molecule has 17 heavy (non-hydrogen) atoms. The van der Waals surface area contributed by atoms with Crippen molar-refractivity contribution in [3.05, 3.63) is 29.8 Å². The molecule has 0 amide bonds. The summed E-state index contributed by atoms with van der Waals surface area (Å²) in [5.74, 6) is -0.413. The molecular weight excluding hydrogens is 240 g/mol. The molecule has 0 saturated heterocycles. The molecule has 0 aliphatic heterocycles. The van der Waals surface area contributed by atoms with Gasteiger partial charge in [0.1, 0.15) is 5.60 Å². The van der Waals surface area contributed by atoms with Crippen molar-refractivity contribution in [1.29, 1.82) is 0 Å². The zero-order valence-corrected chi connectivity index (χ0v) is 10.9. The molecule has 0 aromatic heterocycles. The molecule has 1 aromatic carbocycles. The highest BCUT2D eigenvalue weighted by Gasteiger charge is 2.25. The van der Waals surface area contributed by atoms with Crippen LogP contribution in [-0.2, 0) is 9.84 Å². The maximum atomic E-state index is 11.7. The Hall–Kier alpha value is -1.20. The van der Waals surface area contributed by atoms with Gasteiger partial charge < -0.3 is 5.11 Å². The molecule has 0 spiro atoms. The first-order chi connectivity index (χ1) is 7.68. The topological polar surface area (TPSA) is 71.4 Å². The summed E-state index contributed by atoms with van der Waals surface area (Å²) in [6, 6.07) is 5.61. The molecule has 0 saturated carbocycles. The Morgan fingerprint density at radius 1 is 1.24 bits per heavy atom. The van der Waals surface area contributed by atoms with Crippen molar-refractivity contribution in [2.75, 3.05) is 5.75 Å². The van der Waals surface area contributed by atoms with Crippen LogP contribution < -0.4 is 0 Å². The largest absolute Gasteiger partial charge is 0.382 e. The first kappa shape index (κ1) is 13.9. The average molecular weight is 256 g/mol. The molecular formula is C12H16O4S. The van der Waals surface area contributed by atoms with E-state index in [0.717, 1.165) is 0 Å². The van der Waals surface area contributed by atoms with Crippen molar-refractivity contribution < 1.29 is 18.3 Å². The lowest BCUT2D eigenvalue weighted by Gasteiger charge is -2.15. The molecule has 4 nitrogen and oxygen atoms in total. The predicted molar refractivity (Wildman–Crippen MR) is 64.8 cm³/mol.